The van der Waals surface area contributed by atoms with Gasteiger partial charge in [0.1, 0.15) is 0 Å². The zero-order chi connectivity index (χ0) is 17.1. The van der Waals surface area contributed by atoms with Crippen LogP contribution < -0.4 is 4.90 Å². The standard InChI is InChI=1S/C19H20N4O2/c24-18(7-6-15-4-2-1-3-5-15)23-13-16-12-20-19(21-17(16)14-23)22-8-10-25-11-9-22/h1-7,12H,8-11,13-14H2. The van der Waals surface area contributed by atoms with E-state index in [4.69, 9.17) is 4.74 Å². The van der Waals surface area contributed by atoms with E-state index in [1.165, 1.54) is 0 Å². The van der Waals surface area contributed by atoms with Crippen molar-refractivity contribution >= 4 is 17.9 Å². The first kappa shape index (κ1) is 15.8. The molecule has 6 nitrogen and oxygen atoms in total. The molecule has 2 aliphatic heterocycles. The molecule has 6 heteroatoms. The second-order valence-electron chi connectivity index (χ2n) is 6.18. The Morgan fingerprint density at radius 1 is 1.12 bits per heavy atom. The number of rotatable bonds is 3. The van der Waals surface area contributed by atoms with E-state index in [2.05, 4.69) is 14.9 Å². The van der Waals surface area contributed by atoms with Crippen molar-refractivity contribution < 1.29 is 9.53 Å². The fourth-order valence-electron chi connectivity index (χ4n) is 3.05. The summed E-state index contributed by atoms with van der Waals surface area (Å²) in [6, 6.07) is 9.82. The van der Waals surface area contributed by atoms with Crippen LogP contribution in [0.1, 0.15) is 16.8 Å². The lowest BCUT2D eigenvalue weighted by atomic mass is 10.2. The minimum atomic E-state index is -0.00484. The van der Waals surface area contributed by atoms with Crippen LogP contribution in [-0.4, -0.2) is 47.1 Å². The molecule has 1 aromatic heterocycles. The van der Waals surface area contributed by atoms with Gasteiger partial charge in [-0.15, -0.1) is 0 Å². The molecule has 128 valence electrons. The number of ether oxygens (including phenoxy) is 1. The molecule has 1 saturated heterocycles. The van der Waals surface area contributed by atoms with Crippen molar-refractivity contribution in [1.29, 1.82) is 0 Å². The number of anilines is 1. The third-order valence-electron chi connectivity index (χ3n) is 4.47. The van der Waals surface area contributed by atoms with Gasteiger partial charge in [-0.3, -0.25) is 4.79 Å². The molecule has 0 saturated carbocycles. The summed E-state index contributed by atoms with van der Waals surface area (Å²) in [5.41, 5.74) is 2.98. The zero-order valence-electron chi connectivity index (χ0n) is 14.0. The fourth-order valence-corrected chi connectivity index (χ4v) is 3.05. The van der Waals surface area contributed by atoms with E-state index in [1.807, 2.05) is 42.6 Å². The Labute approximate surface area is 146 Å². The van der Waals surface area contributed by atoms with E-state index < -0.39 is 0 Å². The van der Waals surface area contributed by atoms with Gasteiger partial charge in [-0.1, -0.05) is 30.3 Å². The number of hydrogen-bond acceptors (Lipinski definition) is 5. The van der Waals surface area contributed by atoms with Gasteiger partial charge in [-0.2, -0.15) is 0 Å². The molecule has 1 amide bonds. The first-order valence-corrected chi connectivity index (χ1v) is 8.49. The van der Waals surface area contributed by atoms with E-state index in [0.717, 1.165) is 35.9 Å². The molecule has 25 heavy (non-hydrogen) atoms. The molecule has 0 unspecified atom stereocenters. The second-order valence-corrected chi connectivity index (χ2v) is 6.18. The van der Waals surface area contributed by atoms with E-state index in [1.54, 1.807) is 11.0 Å². The first-order chi connectivity index (χ1) is 12.3. The molecule has 0 bridgehead atoms. The zero-order valence-corrected chi connectivity index (χ0v) is 14.0. The fraction of sp³-hybridized carbons (Fsp3) is 0.316. The highest BCUT2D eigenvalue weighted by Gasteiger charge is 2.25. The lowest BCUT2D eigenvalue weighted by molar-refractivity contribution is -0.126. The number of amides is 1. The molecule has 0 aliphatic carbocycles. The molecule has 0 radical (unpaired) electrons. The third kappa shape index (κ3) is 3.53. The number of carbonyl (C=O) groups excluding carboxylic acids is 1. The Morgan fingerprint density at radius 3 is 2.72 bits per heavy atom. The summed E-state index contributed by atoms with van der Waals surface area (Å²) in [6.07, 6.45) is 5.31. The van der Waals surface area contributed by atoms with Gasteiger partial charge < -0.3 is 14.5 Å². The molecule has 3 heterocycles. The number of carbonyl (C=O) groups is 1. The SMILES string of the molecule is O=C(C=Cc1ccccc1)N1Cc2cnc(N3CCOCC3)nc2C1. The van der Waals surface area contributed by atoms with E-state index in [-0.39, 0.29) is 5.91 Å². The van der Waals surface area contributed by atoms with Crippen LogP contribution in [0.5, 0.6) is 0 Å². The highest BCUT2D eigenvalue weighted by molar-refractivity contribution is 5.92. The van der Waals surface area contributed by atoms with Gasteiger partial charge in [0.15, 0.2) is 0 Å². The number of hydrogen-bond donors (Lipinski definition) is 0. The Morgan fingerprint density at radius 2 is 1.92 bits per heavy atom. The van der Waals surface area contributed by atoms with Crippen LogP contribution in [0.25, 0.3) is 6.08 Å². The Balaban J connectivity index is 1.43. The molecule has 0 spiro atoms. The van der Waals surface area contributed by atoms with Gasteiger partial charge in [-0.05, 0) is 11.6 Å². The maximum Gasteiger partial charge on any atom is 0.247 e. The molecule has 4 rings (SSSR count). The normalized spacial score (nSPS) is 17.1. The molecule has 2 aromatic rings. The predicted octanol–water partition coefficient (Wildman–Crippen LogP) is 1.87. The monoisotopic (exact) mass is 336 g/mol. The van der Waals surface area contributed by atoms with Gasteiger partial charge >= 0.3 is 0 Å². The number of nitrogens with zero attached hydrogens (tertiary/aromatic N) is 4. The lowest BCUT2D eigenvalue weighted by Crippen LogP contribution is -2.37. The van der Waals surface area contributed by atoms with E-state index >= 15 is 0 Å². The highest BCUT2D eigenvalue weighted by atomic mass is 16.5. The maximum absolute atomic E-state index is 12.4. The predicted molar refractivity (Wildman–Crippen MR) is 94.8 cm³/mol. The topological polar surface area (TPSA) is 58.6 Å². The minimum absolute atomic E-state index is 0.00484. The molecule has 1 aromatic carbocycles. The van der Waals surface area contributed by atoms with Crippen LogP contribution in [0.15, 0.2) is 42.6 Å². The number of morpholine rings is 1. The summed E-state index contributed by atoms with van der Waals surface area (Å²) in [4.78, 5) is 25.5. The minimum Gasteiger partial charge on any atom is -0.378 e. The van der Waals surface area contributed by atoms with E-state index in [9.17, 15) is 4.79 Å². The maximum atomic E-state index is 12.4. The van der Waals surface area contributed by atoms with Gasteiger partial charge in [0.05, 0.1) is 25.5 Å². The first-order valence-electron chi connectivity index (χ1n) is 8.49. The van der Waals surface area contributed by atoms with Crippen molar-refractivity contribution in [3.8, 4) is 0 Å². The summed E-state index contributed by atoms with van der Waals surface area (Å²) in [7, 11) is 0. The van der Waals surface area contributed by atoms with Crippen molar-refractivity contribution in [2.75, 3.05) is 31.2 Å². The Hall–Kier alpha value is -2.73. The van der Waals surface area contributed by atoms with Crippen LogP contribution in [0.2, 0.25) is 0 Å². The number of aromatic nitrogens is 2. The Bertz CT molecular complexity index is 785. The summed E-state index contributed by atoms with van der Waals surface area (Å²) < 4.78 is 5.37. The smallest absolute Gasteiger partial charge is 0.247 e. The molecule has 2 aliphatic rings. The largest absolute Gasteiger partial charge is 0.378 e. The number of fused-ring (bicyclic) bond motifs is 1. The van der Waals surface area contributed by atoms with Crippen LogP contribution in [0, 0.1) is 0 Å². The van der Waals surface area contributed by atoms with Crippen LogP contribution in [0.4, 0.5) is 5.95 Å². The summed E-state index contributed by atoms with van der Waals surface area (Å²) >= 11 is 0. The van der Waals surface area contributed by atoms with Crippen molar-refractivity contribution in [2.45, 2.75) is 13.1 Å². The summed E-state index contributed by atoms with van der Waals surface area (Å²) in [5, 5.41) is 0. The van der Waals surface area contributed by atoms with Gasteiger partial charge in [0, 0.05) is 37.5 Å². The second kappa shape index (κ2) is 7.03. The average molecular weight is 336 g/mol. The third-order valence-corrected chi connectivity index (χ3v) is 4.47. The van der Waals surface area contributed by atoms with Crippen molar-refractivity contribution in [1.82, 2.24) is 14.9 Å². The van der Waals surface area contributed by atoms with Crippen molar-refractivity contribution in [3.05, 3.63) is 59.4 Å². The van der Waals surface area contributed by atoms with Gasteiger partial charge in [-0.25, -0.2) is 9.97 Å². The molecule has 0 N–H and O–H groups in total. The van der Waals surface area contributed by atoms with Gasteiger partial charge in [0.2, 0.25) is 11.9 Å². The Kier molecular flexibility index (Phi) is 4.43. The van der Waals surface area contributed by atoms with Crippen LogP contribution >= 0.6 is 0 Å². The molecular weight excluding hydrogens is 316 g/mol. The van der Waals surface area contributed by atoms with Crippen LogP contribution in [-0.2, 0) is 22.6 Å². The molecular formula is C19H20N4O2. The summed E-state index contributed by atoms with van der Waals surface area (Å²) in [5.74, 6) is 0.728. The van der Waals surface area contributed by atoms with Crippen LogP contribution in [0.3, 0.4) is 0 Å². The van der Waals surface area contributed by atoms with Crippen molar-refractivity contribution in [3.63, 3.8) is 0 Å². The number of benzene rings is 1. The lowest BCUT2D eigenvalue weighted by Gasteiger charge is -2.26. The quantitative estimate of drug-likeness (QED) is 0.801. The average Bonchev–Trinajstić information content (AvgIpc) is 3.11. The van der Waals surface area contributed by atoms with Gasteiger partial charge in [0.25, 0.3) is 0 Å². The van der Waals surface area contributed by atoms with E-state index in [0.29, 0.717) is 26.3 Å². The molecule has 0 atom stereocenters. The highest BCUT2D eigenvalue weighted by Crippen LogP contribution is 2.23. The summed E-state index contributed by atoms with van der Waals surface area (Å²) in [6.45, 7) is 4.12. The molecule has 1 fully saturated rings. The van der Waals surface area contributed by atoms with Crippen molar-refractivity contribution in [2.24, 2.45) is 0 Å².